The summed E-state index contributed by atoms with van der Waals surface area (Å²) in [5, 5.41) is 0. The second-order valence-corrected chi connectivity index (χ2v) is 3.21. The Bertz CT molecular complexity index is 379. The average Bonchev–Trinajstić information content (AvgIpc) is 2.15. The molecule has 1 aromatic rings. The lowest BCUT2D eigenvalue weighted by atomic mass is 9.95. The van der Waals surface area contributed by atoms with Gasteiger partial charge in [0.25, 0.3) is 0 Å². The van der Waals surface area contributed by atoms with Crippen molar-refractivity contribution in [2.75, 3.05) is 0 Å². The Kier molecular flexibility index (Phi) is 4.81. The molecule has 0 aliphatic heterocycles. The Morgan fingerprint density at radius 3 is 2.25 bits per heavy atom. The SMILES string of the molecule is C[C@@H](c1ccccc1C(N)=O)C(F)(F)F.Cl. The van der Waals surface area contributed by atoms with E-state index in [4.69, 9.17) is 5.73 Å². The standard InChI is InChI=1S/C10H10F3NO.ClH/c1-6(10(11,12)13)7-4-2-3-5-8(7)9(14)15;/h2-6H,1H3,(H2,14,15);1H/t6-;/m0./s1. The van der Waals surface area contributed by atoms with Gasteiger partial charge in [0, 0.05) is 5.56 Å². The molecule has 0 saturated carbocycles. The Morgan fingerprint density at radius 1 is 1.31 bits per heavy atom. The van der Waals surface area contributed by atoms with Crippen LogP contribution in [0.25, 0.3) is 0 Å². The van der Waals surface area contributed by atoms with Gasteiger partial charge in [-0.25, -0.2) is 0 Å². The summed E-state index contributed by atoms with van der Waals surface area (Å²) in [6.07, 6.45) is -4.37. The number of nitrogens with two attached hydrogens (primary N) is 1. The van der Waals surface area contributed by atoms with Gasteiger partial charge in [-0.1, -0.05) is 18.2 Å². The highest BCUT2D eigenvalue weighted by Crippen LogP contribution is 2.35. The molecule has 1 aromatic carbocycles. The molecule has 0 unspecified atom stereocenters. The van der Waals surface area contributed by atoms with Gasteiger partial charge >= 0.3 is 6.18 Å². The molecule has 0 aliphatic carbocycles. The molecule has 0 aliphatic rings. The number of amides is 1. The monoisotopic (exact) mass is 253 g/mol. The summed E-state index contributed by atoms with van der Waals surface area (Å²) in [6, 6.07) is 5.48. The third-order valence-corrected chi connectivity index (χ3v) is 2.18. The molecule has 0 fully saturated rings. The number of carbonyl (C=O) groups is 1. The highest BCUT2D eigenvalue weighted by atomic mass is 35.5. The molecule has 1 rings (SSSR count). The number of halogens is 4. The maximum absolute atomic E-state index is 12.4. The van der Waals surface area contributed by atoms with Crippen molar-refractivity contribution in [2.24, 2.45) is 5.73 Å². The summed E-state index contributed by atoms with van der Waals surface area (Å²) in [5.41, 5.74) is 4.82. The second kappa shape index (κ2) is 5.21. The number of rotatable bonds is 2. The molecule has 0 aromatic heterocycles. The van der Waals surface area contributed by atoms with Crippen LogP contribution in [0.1, 0.15) is 28.8 Å². The predicted octanol–water partition coefficient (Wildman–Crippen LogP) is 2.87. The molecule has 16 heavy (non-hydrogen) atoms. The number of hydrogen-bond donors (Lipinski definition) is 1. The Morgan fingerprint density at radius 2 is 1.81 bits per heavy atom. The summed E-state index contributed by atoms with van der Waals surface area (Å²) in [4.78, 5) is 10.9. The van der Waals surface area contributed by atoms with Gasteiger partial charge < -0.3 is 5.73 Å². The van der Waals surface area contributed by atoms with Crippen LogP contribution in [0.3, 0.4) is 0 Å². The van der Waals surface area contributed by atoms with E-state index in [0.29, 0.717) is 0 Å². The van der Waals surface area contributed by atoms with Crippen LogP contribution in [0.5, 0.6) is 0 Å². The van der Waals surface area contributed by atoms with Crippen LogP contribution in [0.2, 0.25) is 0 Å². The predicted molar refractivity (Wildman–Crippen MR) is 56.7 cm³/mol. The Hall–Kier alpha value is -1.23. The molecular weight excluding hydrogens is 243 g/mol. The van der Waals surface area contributed by atoms with Gasteiger partial charge in [-0.3, -0.25) is 4.79 Å². The number of carbonyl (C=O) groups excluding carboxylic acids is 1. The molecular formula is C10H11ClF3NO. The topological polar surface area (TPSA) is 43.1 Å². The minimum absolute atomic E-state index is 0. The lowest BCUT2D eigenvalue weighted by molar-refractivity contribution is -0.146. The Balaban J connectivity index is 0.00000225. The number of primary amides is 1. The second-order valence-electron chi connectivity index (χ2n) is 3.21. The Labute approximate surface area is 97.0 Å². The van der Waals surface area contributed by atoms with Crippen molar-refractivity contribution in [3.05, 3.63) is 35.4 Å². The van der Waals surface area contributed by atoms with Gasteiger partial charge in [0.15, 0.2) is 0 Å². The van der Waals surface area contributed by atoms with E-state index in [2.05, 4.69) is 0 Å². The molecule has 6 heteroatoms. The fourth-order valence-electron chi connectivity index (χ4n) is 1.28. The van der Waals surface area contributed by atoms with Crippen LogP contribution in [0.15, 0.2) is 24.3 Å². The van der Waals surface area contributed by atoms with Gasteiger partial charge in [0.1, 0.15) is 0 Å². The zero-order chi connectivity index (χ0) is 11.6. The fraction of sp³-hybridized carbons (Fsp3) is 0.300. The summed E-state index contributed by atoms with van der Waals surface area (Å²) >= 11 is 0. The number of benzene rings is 1. The molecule has 0 heterocycles. The fourth-order valence-corrected chi connectivity index (χ4v) is 1.28. The van der Waals surface area contributed by atoms with Gasteiger partial charge in [-0.15, -0.1) is 12.4 Å². The van der Waals surface area contributed by atoms with Gasteiger partial charge in [0.05, 0.1) is 5.92 Å². The van der Waals surface area contributed by atoms with E-state index < -0.39 is 18.0 Å². The molecule has 1 atom stereocenters. The van der Waals surface area contributed by atoms with Crippen LogP contribution in [0.4, 0.5) is 13.2 Å². The van der Waals surface area contributed by atoms with Gasteiger partial charge in [-0.2, -0.15) is 13.2 Å². The normalized spacial score (nSPS) is 12.8. The minimum Gasteiger partial charge on any atom is -0.366 e. The smallest absolute Gasteiger partial charge is 0.366 e. The highest BCUT2D eigenvalue weighted by Gasteiger charge is 2.38. The average molecular weight is 254 g/mol. The lowest BCUT2D eigenvalue weighted by Gasteiger charge is -2.17. The van der Waals surface area contributed by atoms with E-state index in [0.717, 1.165) is 6.92 Å². The van der Waals surface area contributed by atoms with E-state index in [9.17, 15) is 18.0 Å². The zero-order valence-electron chi connectivity index (χ0n) is 8.41. The lowest BCUT2D eigenvalue weighted by Crippen LogP contribution is -2.22. The van der Waals surface area contributed by atoms with Gasteiger partial charge in [-0.05, 0) is 18.6 Å². The van der Waals surface area contributed by atoms with E-state index in [1.807, 2.05) is 0 Å². The summed E-state index contributed by atoms with van der Waals surface area (Å²) in [6.45, 7) is 1.00. The maximum Gasteiger partial charge on any atom is 0.395 e. The first kappa shape index (κ1) is 14.8. The number of hydrogen-bond acceptors (Lipinski definition) is 1. The van der Waals surface area contributed by atoms with Crippen molar-refractivity contribution in [3.63, 3.8) is 0 Å². The van der Waals surface area contributed by atoms with E-state index in [-0.39, 0.29) is 23.5 Å². The van der Waals surface area contributed by atoms with Crippen molar-refractivity contribution >= 4 is 18.3 Å². The highest BCUT2D eigenvalue weighted by molar-refractivity contribution is 5.94. The molecule has 90 valence electrons. The summed E-state index contributed by atoms with van der Waals surface area (Å²) in [7, 11) is 0. The van der Waals surface area contributed by atoms with Crippen molar-refractivity contribution < 1.29 is 18.0 Å². The van der Waals surface area contributed by atoms with Crippen LogP contribution in [0, 0.1) is 0 Å². The van der Waals surface area contributed by atoms with Crippen LogP contribution >= 0.6 is 12.4 Å². The largest absolute Gasteiger partial charge is 0.395 e. The molecule has 0 spiro atoms. The van der Waals surface area contributed by atoms with Crippen molar-refractivity contribution in [1.29, 1.82) is 0 Å². The van der Waals surface area contributed by atoms with Crippen LogP contribution in [-0.4, -0.2) is 12.1 Å². The van der Waals surface area contributed by atoms with E-state index in [1.54, 1.807) is 0 Å². The molecule has 0 saturated heterocycles. The quantitative estimate of drug-likeness (QED) is 0.865. The zero-order valence-corrected chi connectivity index (χ0v) is 9.23. The van der Waals surface area contributed by atoms with Crippen LogP contribution in [-0.2, 0) is 0 Å². The van der Waals surface area contributed by atoms with Crippen molar-refractivity contribution in [1.82, 2.24) is 0 Å². The minimum atomic E-state index is -4.37. The first-order valence-electron chi connectivity index (χ1n) is 4.29. The maximum atomic E-state index is 12.4. The molecule has 2 nitrogen and oxygen atoms in total. The van der Waals surface area contributed by atoms with Crippen molar-refractivity contribution in [2.45, 2.75) is 19.0 Å². The summed E-state index contributed by atoms with van der Waals surface area (Å²) < 4.78 is 37.3. The first-order valence-corrected chi connectivity index (χ1v) is 4.29. The first-order chi connectivity index (χ1) is 6.84. The van der Waals surface area contributed by atoms with Crippen LogP contribution < -0.4 is 5.73 Å². The third kappa shape index (κ3) is 3.13. The van der Waals surface area contributed by atoms with E-state index in [1.165, 1.54) is 24.3 Å². The molecule has 1 amide bonds. The third-order valence-electron chi connectivity index (χ3n) is 2.18. The van der Waals surface area contributed by atoms with Gasteiger partial charge in [0.2, 0.25) is 5.91 Å². The molecule has 0 bridgehead atoms. The number of alkyl halides is 3. The molecule has 2 N–H and O–H groups in total. The summed E-state index contributed by atoms with van der Waals surface area (Å²) in [5.74, 6) is -2.54. The molecule has 0 radical (unpaired) electrons. The van der Waals surface area contributed by atoms with E-state index >= 15 is 0 Å². The van der Waals surface area contributed by atoms with Crippen molar-refractivity contribution in [3.8, 4) is 0 Å².